The van der Waals surface area contributed by atoms with Crippen LogP contribution in [0.5, 0.6) is 0 Å². The maximum atomic E-state index is 12.0. The van der Waals surface area contributed by atoms with E-state index in [2.05, 4.69) is 10.6 Å². The van der Waals surface area contributed by atoms with Gasteiger partial charge in [-0.05, 0) is 42.4 Å². The average Bonchev–Trinajstić information content (AvgIpc) is 2.50. The zero-order valence-electron chi connectivity index (χ0n) is 12.4. The summed E-state index contributed by atoms with van der Waals surface area (Å²) in [6.07, 6.45) is 0.231. The van der Waals surface area contributed by atoms with Crippen LogP contribution < -0.4 is 10.6 Å². The molecule has 7 heteroatoms. The second-order valence-electron chi connectivity index (χ2n) is 4.91. The van der Waals surface area contributed by atoms with Gasteiger partial charge in [-0.25, -0.2) is 0 Å². The number of anilines is 1. The van der Waals surface area contributed by atoms with Gasteiger partial charge in [-0.15, -0.1) is 0 Å². The fourth-order valence-electron chi connectivity index (χ4n) is 1.98. The Kier molecular flexibility index (Phi) is 5.37. The average molecular weight is 329 g/mol. The number of hydrogen-bond acceptors (Lipinski definition) is 4. The van der Waals surface area contributed by atoms with Gasteiger partial charge in [0.1, 0.15) is 0 Å². The summed E-state index contributed by atoms with van der Waals surface area (Å²) in [4.78, 5) is 22.1. The van der Waals surface area contributed by atoms with E-state index in [1.54, 1.807) is 0 Å². The van der Waals surface area contributed by atoms with E-state index in [0.717, 1.165) is 11.1 Å². The van der Waals surface area contributed by atoms with Crippen LogP contribution in [0, 0.1) is 17.0 Å². The van der Waals surface area contributed by atoms with Crippen molar-refractivity contribution in [3.8, 4) is 0 Å². The van der Waals surface area contributed by atoms with Gasteiger partial charge in [0.2, 0.25) is 5.91 Å². The van der Waals surface area contributed by atoms with Gasteiger partial charge in [0, 0.05) is 17.8 Å². The summed E-state index contributed by atoms with van der Waals surface area (Å²) in [5.41, 5.74) is 2.53. The molecule has 0 spiro atoms. The van der Waals surface area contributed by atoms with Crippen molar-refractivity contribution in [3.63, 3.8) is 0 Å². The molecule has 2 N–H and O–H groups in total. The smallest absolute Gasteiger partial charge is 0.269 e. The number of benzene rings is 2. The van der Waals surface area contributed by atoms with E-state index in [1.807, 2.05) is 31.2 Å². The summed E-state index contributed by atoms with van der Waals surface area (Å²) in [5.74, 6) is -0.223. The van der Waals surface area contributed by atoms with Gasteiger partial charge < -0.3 is 10.6 Å². The van der Waals surface area contributed by atoms with Crippen LogP contribution >= 0.6 is 12.2 Å². The predicted octanol–water partition coefficient (Wildman–Crippen LogP) is 2.96. The van der Waals surface area contributed by atoms with Crippen LogP contribution in [-0.4, -0.2) is 15.9 Å². The van der Waals surface area contributed by atoms with Crippen LogP contribution in [0.2, 0.25) is 0 Å². The third-order valence-corrected chi connectivity index (χ3v) is 3.41. The monoisotopic (exact) mass is 329 g/mol. The zero-order chi connectivity index (χ0) is 16.8. The minimum atomic E-state index is -0.480. The van der Waals surface area contributed by atoms with E-state index < -0.39 is 4.92 Å². The number of thiocarbonyl (C=S) groups is 1. The second kappa shape index (κ2) is 7.46. The van der Waals surface area contributed by atoms with Gasteiger partial charge in [0.05, 0.1) is 11.3 Å². The molecule has 1 amide bonds. The number of carbonyl (C=O) groups is 1. The van der Waals surface area contributed by atoms with Crippen LogP contribution in [-0.2, 0) is 11.2 Å². The number of aryl methyl sites for hydroxylation is 1. The predicted molar refractivity (Wildman–Crippen MR) is 92.3 cm³/mol. The Morgan fingerprint density at radius 2 is 1.83 bits per heavy atom. The number of nitro benzene ring substituents is 1. The first-order valence-electron chi connectivity index (χ1n) is 6.85. The maximum Gasteiger partial charge on any atom is 0.269 e. The minimum absolute atomic E-state index is 0.00921. The molecule has 0 atom stereocenters. The molecule has 0 saturated carbocycles. The molecule has 0 aliphatic carbocycles. The molecular weight excluding hydrogens is 314 g/mol. The van der Waals surface area contributed by atoms with Gasteiger partial charge in [-0.1, -0.05) is 24.3 Å². The van der Waals surface area contributed by atoms with Crippen molar-refractivity contribution in [3.05, 3.63) is 69.8 Å². The second-order valence-corrected chi connectivity index (χ2v) is 5.32. The summed E-state index contributed by atoms with van der Waals surface area (Å²) in [7, 11) is 0. The molecule has 0 fully saturated rings. The Balaban J connectivity index is 1.90. The molecule has 2 rings (SSSR count). The first-order valence-corrected chi connectivity index (χ1v) is 7.26. The molecule has 0 bridgehead atoms. The molecule has 2 aromatic carbocycles. The number of nitrogens with zero attached hydrogens (tertiary/aromatic N) is 1. The molecule has 0 aliphatic rings. The highest BCUT2D eigenvalue weighted by atomic mass is 32.1. The normalized spacial score (nSPS) is 9.96. The molecule has 0 aliphatic heterocycles. The largest absolute Gasteiger partial charge is 0.332 e. The molecule has 23 heavy (non-hydrogen) atoms. The van der Waals surface area contributed by atoms with Crippen molar-refractivity contribution in [2.75, 3.05) is 5.32 Å². The Morgan fingerprint density at radius 1 is 1.17 bits per heavy atom. The molecule has 0 aromatic heterocycles. The number of carbonyl (C=O) groups excluding carboxylic acids is 1. The standard InChI is InChI=1S/C16H15N3O3S/c1-11-4-2-3-5-12(11)10-15(20)18-16(23)17-13-6-8-14(9-7-13)19(21)22/h2-9H,10H2,1H3,(H2,17,18,20,23). The van der Waals surface area contributed by atoms with Crippen LogP contribution in [0.1, 0.15) is 11.1 Å². The fraction of sp³-hybridized carbons (Fsp3) is 0.125. The van der Waals surface area contributed by atoms with Crippen molar-refractivity contribution < 1.29 is 9.72 Å². The zero-order valence-corrected chi connectivity index (χ0v) is 13.2. The van der Waals surface area contributed by atoms with Crippen molar-refractivity contribution in [2.45, 2.75) is 13.3 Å². The summed E-state index contributed by atoms with van der Waals surface area (Å²) in [6, 6.07) is 13.4. The highest BCUT2D eigenvalue weighted by Gasteiger charge is 2.09. The Hall–Kier alpha value is -2.80. The quantitative estimate of drug-likeness (QED) is 0.512. The number of non-ortho nitro benzene ring substituents is 1. The van der Waals surface area contributed by atoms with Crippen LogP contribution in [0.15, 0.2) is 48.5 Å². The van der Waals surface area contributed by atoms with E-state index in [9.17, 15) is 14.9 Å². The Labute approximate surface area is 138 Å². The topological polar surface area (TPSA) is 84.3 Å². The van der Waals surface area contributed by atoms with E-state index in [0.29, 0.717) is 5.69 Å². The number of nitrogens with one attached hydrogen (secondary N) is 2. The molecule has 0 radical (unpaired) electrons. The van der Waals surface area contributed by atoms with Crippen LogP contribution in [0.3, 0.4) is 0 Å². The summed E-state index contributed by atoms with van der Waals surface area (Å²) >= 11 is 5.07. The summed E-state index contributed by atoms with van der Waals surface area (Å²) < 4.78 is 0. The van der Waals surface area contributed by atoms with Gasteiger partial charge in [-0.3, -0.25) is 14.9 Å². The third-order valence-electron chi connectivity index (χ3n) is 3.20. The van der Waals surface area contributed by atoms with Crippen molar-refractivity contribution >= 4 is 34.6 Å². The molecule has 6 nitrogen and oxygen atoms in total. The van der Waals surface area contributed by atoms with Gasteiger partial charge in [0.15, 0.2) is 5.11 Å². The van der Waals surface area contributed by atoms with E-state index in [-0.39, 0.29) is 23.1 Å². The van der Waals surface area contributed by atoms with Crippen LogP contribution in [0.4, 0.5) is 11.4 Å². The lowest BCUT2D eigenvalue weighted by Crippen LogP contribution is -2.35. The molecular formula is C16H15N3O3S. The van der Waals surface area contributed by atoms with Crippen molar-refractivity contribution in [2.24, 2.45) is 0 Å². The number of hydrogen-bond donors (Lipinski definition) is 2. The molecule has 0 heterocycles. The highest BCUT2D eigenvalue weighted by Crippen LogP contribution is 2.15. The van der Waals surface area contributed by atoms with E-state index >= 15 is 0 Å². The minimum Gasteiger partial charge on any atom is -0.332 e. The lowest BCUT2D eigenvalue weighted by molar-refractivity contribution is -0.384. The summed E-state index contributed by atoms with van der Waals surface area (Å²) in [6.45, 7) is 1.94. The lowest BCUT2D eigenvalue weighted by atomic mass is 10.1. The molecule has 2 aromatic rings. The SMILES string of the molecule is Cc1ccccc1CC(=O)NC(=S)Nc1ccc([N+](=O)[O-])cc1. The number of amides is 1. The Morgan fingerprint density at radius 3 is 2.43 bits per heavy atom. The third kappa shape index (κ3) is 4.86. The van der Waals surface area contributed by atoms with Crippen LogP contribution in [0.25, 0.3) is 0 Å². The van der Waals surface area contributed by atoms with E-state index in [4.69, 9.17) is 12.2 Å². The highest BCUT2D eigenvalue weighted by molar-refractivity contribution is 7.80. The van der Waals surface area contributed by atoms with Gasteiger partial charge >= 0.3 is 0 Å². The first kappa shape index (κ1) is 16.6. The lowest BCUT2D eigenvalue weighted by Gasteiger charge is -2.10. The Bertz CT molecular complexity index is 744. The molecule has 0 saturated heterocycles. The first-order chi connectivity index (χ1) is 11.0. The fourth-order valence-corrected chi connectivity index (χ4v) is 2.21. The van der Waals surface area contributed by atoms with Gasteiger partial charge in [0.25, 0.3) is 5.69 Å². The van der Waals surface area contributed by atoms with Gasteiger partial charge in [-0.2, -0.15) is 0 Å². The molecule has 0 unspecified atom stereocenters. The van der Waals surface area contributed by atoms with Crippen molar-refractivity contribution in [1.82, 2.24) is 5.32 Å². The summed E-state index contributed by atoms with van der Waals surface area (Å²) in [5, 5.41) is 16.1. The number of rotatable bonds is 4. The maximum absolute atomic E-state index is 12.0. The van der Waals surface area contributed by atoms with E-state index in [1.165, 1.54) is 24.3 Å². The van der Waals surface area contributed by atoms with Crippen molar-refractivity contribution in [1.29, 1.82) is 0 Å². The number of nitro groups is 1. The molecule has 118 valence electrons.